The third-order valence-electron chi connectivity index (χ3n) is 4.20. The number of benzene rings is 2. The molecule has 2 aromatic carbocycles. The van der Waals surface area contributed by atoms with E-state index < -0.39 is 12.1 Å². The van der Waals surface area contributed by atoms with E-state index in [2.05, 4.69) is 26.1 Å². The van der Waals surface area contributed by atoms with E-state index in [9.17, 15) is 9.59 Å². The van der Waals surface area contributed by atoms with E-state index in [0.29, 0.717) is 17.7 Å². The maximum Gasteiger partial charge on any atom is 0.339 e. The third kappa shape index (κ3) is 3.32. The van der Waals surface area contributed by atoms with Crippen LogP contribution >= 0.6 is 0 Å². The summed E-state index contributed by atoms with van der Waals surface area (Å²) >= 11 is 0. The van der Waals surface area contributed by atoms with Crippen LogP contribution in [0.5, 0.6) is 0 Å². The van der Waals surface area contributed by atoms with Gasteiger partial charge < -0.3 is 10.1 Å². The van der Waals surface area contributed by atoms with E-state index in [1.54, 1.807) is 12.1 Å². The van der Waals surface area contributed by atoms with E-state index in [4.69, 9.17) is 4.74 Å². The summed E-state index contributed by atoms with van der Waals surface area (Å²) in [5.74, 6) is -0.749. The number of esters is 1. The van der Waals surface area contributed by atoms with Crippen molar-refractivity contribution in [1.29, 1.82) is 0 Å². The van der Waals surface area contributed by atoms with Gasteiger partial charge in [0.05, 0.1) is 5.56 Å². The summed E-state index contributed by atoms with van der Waals surface area (Å²) in [4.78, 5) is 24.4. The van der Waals surface area contributed by atoms with Crippen LogP contribution in [0.2, 0.25) is 0 Å². The average molecular weight is 323 g/mol. The van der Waals surface area contributed by atoms with Gasteiger partial charge in [0.15, 0.2) is 6.10 Å². The van der Waals surface area contributed by atoms with Crippen molar-refractivity contribution in [3.63, 3.8) is 0 Å². The van der Waals surface area contributed by atoms with Gasteiger partial charge in [-0.2, -0.15) is 0 Å². The Bertz CT molecular complexity index is 772. The number of hydrogen-bond donors (Lipinski definition) is 1. The number of rotatable bonds is 2. The number of carbonyl (C=O) groups excluding carboxylic acids is 2. The van der Waals surface area contributed by atoms with Crippen LogP contribution in [0, 0.1) is 0 Å². The SMILES string of the molecule is CC(C)(C)c1ccc(NC(=O)[C@H]2Cc3ccccc3C(=O)O2)cc1. The van der Waals surface area contributed by atoms with Crippen molar-refractivity contribution >= 4 is 17.6 Å². The first kappa shape index (κ1) is 16.2. The molecule has 0 saturated carbocycles. The molecule has 1 heterocycles. The average Bonchev–Trinajstić information content (AvgIpc) is 2.54. The fourth-order valence-corrected chi connectivity index (χ4v) is 2.75. The zero-order valence-electron chi connectivity index (χ0n) is 14.1. The van der Waals surface area contributed by atoms with Gasteiger partial charge in [0, 0.05) is 12.1 Å². The Hall–Kier alpha value is -2.62. The second-order valence-electron chi connectivity index (χ2n) is 7.07. The fourth-order valence-electron chi connectivity index (χ4n) is 2.75. The molecule has 0 spiro atoms. The minimum Gasteiger partial charge on any atom is -0.448 e. The molecule has 1 N–H and O–H groups in total. The van der Waals surface area contributed by atoms with Crippen LogP contribution in [0.4, 0.5) is 5.69 Å². The second-order valence-corrected chi connectivity index (χ2v) is 7.07. The molecule has 0 bridgehead atoms. The summed E-state index contributed by atoms with van der Waals surface area (Å²) in [6.45, 7) is 6.42. The van der Waals surface area contributed by atoms with E-state index in [1.807, 2.05) is 36.4 Å². The fraction of sp³-hybridized carbons (Fsp3) is 0.300. The van der Waals surface area contributed by atoms with Crippen LogP contribution in [0.15, 0.2) is 48.5 Å². The Morgan fingerprint density at radius 1 is 1.08 bits per heavy atom. The molecule has 0 fully saturated rings. The molecular formula is C20H21NO3. The predicted octanol–water partition coefficient (Wildman–Crippen LogP) is 3.70. The van der Waals surface area contributed by atoms with Gasteiger partial charge in [-0.25, -0.2) is 4.79 Å². The number of nitrogens with one attached hydrogen (secondary N) is 1. The summed E-state index contributed by atoms with van der Waals surface area (Å²) in [6.07, 6.45) is -0.400. The molecule has 0 radical (unpaired) electrons. The van der Waals surface area contributed by atoms with E-state index >= 15 is 0 Å². The molecule has 3 rings (SSSR count). The molecule has 24 heavy (non-hydrogen) atoms. The lowest BCUT2D eigenvalue weighted by atomic mass is 9.87. The van der Waals surface area contributed by atoms with Crippen molar-refractivity contribution in [3.8, 4) is 0 Å². The molecule has 0 saturated heterocycles. The van der Waals surface area contributed by atoms with Gasteiger partial charge in [-0.15, -0.1) is 0 Å². The largest absolute Gasteiger partial charge is 0.448 e. The van der Waals surface area contributed by atoms with Gasteiger partial charge in [-0.1, -0.05) is 51.1 Å². The Morgan fingerprint density at radius 2 is 1.75 bits per heavy atom. The molecule has 0 aliphatic carbocycles. The molecule has 1 atom stereocenters. The zero-order chi connectivity index (χ0) is 17.3. The maximum absolute atomic E-state index is 12.4. The van der Waals surface area contributed by atoms with Gasteiger partial charge in [-0.3, -0.25) is 4.79 Å². The summed E-state index contributed by atoms with van der Waals surface area (Å²) in [5, 5.41) is 2.83. The van der Waals surface area contributed by atoms with Gasteiger partial charge in [0.2, 0.25) is 0 Å². The van der Waals surface area contributed by atoms with Crippen molar-refractivity contribution in [2.75, 3.05) is 5.32 Å². The maximum atomic E-state index is 12.4. The molecule has 4 nitrogen and oxygen atoms in total. The number of ether oxygens (including phenoxy) is 1. The van der Waals surface area contributed by atoms with Gasteiger partial charge in [-0.05, 0) is 34.7 Å². The van der Waals surface area contributed by atoms with Gasteiger partial charge in [0.25, 0.3) is 5.91 Å². The van der Waals surface area contributed by atoms with Crippen molar-refractivity contribution < 1.29 is 14.3 Å². The number of amides is 1. The highest BCUT2D eigenvalue weighted by atomic mass is 16.5. The van der Waals surface area contributed by atoms with Gasteiger partial charge in [0.1, 0.15) is 0 Å². The number of fused-ring (bicyclic) bond motifs is 1. The minimum absolute atomic E-state index is 0.0607. The van der Waals surface area contributed by atoms with Crippen molar-refractivity contribution in [3.05, 3.63) is 65.2 Å². The molecule has 1 aliphatic heterocycles. The summed E-state index contributed by atoms with van der Waals surface area (Å²) in [7, 11) is 0. The number of anilines is 1. The van der Waals surface area contributed by atoms with E-state index in [-0.39, 0.29) is 11.3 Å². The lowest BCUT2D eigenvalue weighted by Crippen LogP contribution is -2.37. The van der Waals surface area contributed by atoms with Crippen LogP contribution in [0.3, 0.4) is 0 Å². The molecule has 4 heteroatoms. The summed E-state index contributed by atoms with van der Waals surface area (Å²) < 4.78 is 5.27. The highest BCUT2D eigenvalue weighted by Crippen LogP contribution is 2.24. The normalized spacial score (nSPS) is 17.0. The number of carbonyl (C=O) groups is 2. The van der Waals surface area contributed by atoms with Crippen LogP contribution < -0.4 is 5.32 Å². The summed E-state index contributed by atoms with van der Waals surface area (Å²) in [5.41, 5.74) is 3.33. The van der Waals surface area contributed by atoms with E-state index in [1.165, 1.54) is 5.56 Å². The highest BCUT2D eigenvalue weighted by molar-refractivity contribution is 6.00. The van der Waals surface area contributed by atoms with Crippen LogP contribution in [-0.4, -0.2) is 18.0 Å². The molecule has 1 amide bonds. The predicted molar refractivity (Wildman–Crippen MR) is 93.1 cm³/mol. The smallest absolute Gasteiger partial charge is 0.339 e. The zero-order valence-corrected chi connectivity index (χ0v) is 14.1. The van der Waals surface area contributed by atoms with Gasteiger partial charge >= 0.3 is 5.97 Å². The molecule has 124 valence electrons. The lowest BCUT2D eigenvalue weighted by molar-refractivity contribution is -0.125. The first-order valence-electron chi connectivity index (χ1n) is 8.05. The minimum atomic E-state index is -0.797. The highest BCUT2D eigenvalue weighted by Gasteiger charge is 2.31. The Morgan fingerprint density at radius 3 is 2.42 bits per heavy atom. The monoisotopic (exact) mass is 323 g/mol. The Balaban J connectivity index is 1.71. The standard InChI is InChI=1S/C20H21NO3/c1-20(2,3)14-8-10-15(11-9-14)21-18(22)17-12-13-6-4-5-7-16(13)19(23)24-17/h4-11,17H,12H2,1-3H3,(H,21,22)/t17-/m1/s1. The van der Waals surface area contributed by atoms with E-state index in [0.717, 1.165) is 5.56 Å². The molecule has 0 aromatic heterocycles. The molecule has 1 aliphatic rings. The van der Waals surface area contributed by atoms with Crippen LogP contribution in [-0.2, 0) is 21.4 Å². The molecular weight excluding hydrogens is 302 g/mol. The quantitative estimate of drug-likeness (QED) is 0.857. The molecule has 2 aromatic rings. The summed E-state index contributed by atoms with van der Waals surface area (Å²) in [6, 6.07) is 15.0. The van der Waals surface area contributed by atoms with Crippen molar-refractivity contribution in [1.82, 2.24) is 0 Å². The second kappa shape index (κ2) is 6.11. The number of hydrogen-bond acceptors (Lipinski definition) is 3. The third-order valence-corrected chi connectivity index (χ3v) is 4.20. The van der Waals surface area contributed by atoms with Crippen LogP contribution in [0.1, 0.15) is 42.3 Å². The lowest BCUT2D eigenvalue weighted by Gasteiger charge is -2.24. The topological polar surface area (TPSA) is 55.4 Å². The number of cyclic esters (lactones) is 1. The first-order valence-corrected chi connectivity index (χ1v) is 8.05. The van der Waals surface area contributed by atoms with Crippen LogP contribution in [0.25, 0.3) is 0 Å². The van der Waals surface area contributed by atoms with Crippen molar-refractivity contribution in [2.24, 2.45) is 0 Å². The Labute approximate surface area is 141 Å². The Kier molecular flexibility index (Phi) is 4.14. The first-order chi connectivity index (χ1) is 11.3. The van der Waals surface area contributed by atoms with Crippen molar-refractivity contribution in [2.45, 2.75) is 38.7 Å². The molecule has 0 unspecified atom stereocenters.